The van der Waals surface area contributed by atoms with Gasteiger partial charge in [-0.3, -0.25) is 19.3 Å². The fourth-order valence-corrected chi connectivity index (χ4v) is 5.33. The minimum absolute atomic E-state index is 0.0718. The molecule has 1 fully saturated rings. The molecular formula is C26H28BrN3O3S. The zero-order valence-electron chi connectivity index (χ0n) is 19.3. The summed E-state index contributed by atoms with van der Waals surface area (Å²) in [4.78, 5) is 41.2. The number of amides is 3. The molecule has 2 aromatic carbocycles. The third kappa shape index (κ3) is 5.73. The van der Waals surface area contributed by atoms with Gasteiger partial charge in [-0.15, -0.1) is 0 Å². The average molecular weight is 542 g/mol. The van der Waals surface area contributed by atoms with Gasteiger partial charge >= 0.3 is 0 Å². The minimum atomic E-state index is -0.315. The summed E-state index contributed by atoms with van der Waals surface area (Å²) in [6, 6.07) is 14.9. The Bertz CT molecular complexity index is 1110. The molecule has 1 aliphatic carbocycles. The first-order valence-electron chi connectivity index (χ1n) is 11.5. The fourth-order valence-electron chi connectivity index (χ4n) is 4.12. The van der Waals surface area contributed by atoms with E-state index in [0.29, 0.717) is 11.4 Å². The second-order valence-corrected chi connectivity index (χ2v) is 11.0. The summed E-state index contributed by atoms with van der Waals surface area (Å²) in [6.45, 7) is 4.32. The fraction of sp³-hybridized carbons (Fsp3) is 0.346. The van der Waals surface area contributed by atoms with E-state index in [9.17, 15) is 14.4 Å². The van der Waals surface area contributed by atoms with Crippen molar-refractivity contribution >= 4 is 56.8 Å². The maximum Gasteiger partial charge on any atom is 0.278 e. The Morgan fingerprint density at radius 3 is 2.24 bits per heavy atom. The lowest BCUT2D eigenvalue weighted by Crippen LogP contribution is -2.35. The zero-order valence-corrected chi connectivity index (χ0v) is 21.7. The molecule has 34 heavy (non-hydrogen) atoms. The third-order valence-electron chi connectivity index (χ3n) is 5.85. The Morgan fingerprint density at radius 2 is 1.62 bits per heavy atom. The van der Waals surface area contributed by atoms with Gasteiger partial charge in [-0.2, -0.15) is 0 Å². The number of carbonyl (C=O) groups is 3. The normalized spacial score (nSPS) is 16.6. The molecule has 4 rings (SSSR count). The van der Waals surface area contributed by atoms with Crippen molar-refractivity contribution in [1.82, 2.24) is 4.90 Å². The van der Waals surface area contributed by atoms with Gasteiger partial charge in [0.1, 0.15) is 10.6 Å². The molecule has 0 bridgehead atoms. The molecule has 8 heteroatoms. The van der Waals surface area contributed by atoms with Gasteiger partial charge < -0.3 is 10.6 Å². The number of imide groups is 1. The van der Waals surface area contributed by atoms with Crippen LogP contribution < -0.4 is 10.6 Å². The van der Waals surface area contributed by atoms with Crippen LogP contribution in [0.3, 0.4) is 0 Å². The summed E-state index contributed by atoms with van der Waals surface area (Å²) in [6.07, 6.45) is 4.12. The van der Waals surface area contributed by atoms with E-state index in [-0.39, 0.29) is 35.3 Å². The van der Waals surface area contributed by atoms with E-state index in [1.54, 1.807) is 0 Å². The molecule has 1 heterocycles. The largest absolute Gasteiger partial charge is 0.350 e. The highest BCUT2D eigenvalue weighted by Gasteiger charge is 2.39. The van der Waals surface area contributed by atoms with Crippen LogP contribution in [0.15, 0.2) is 68.5 Å². The maximum atomic E-state index is 13.2. The number of rotatable bonds is 8. The van der Waals surface area contributed by atoms with Crippen LogP contribution in [-0.2, 0) is 14.4 Å². The SMILES string of the molecule is CC(C)CN1C(=O)C(Nc2ccc(Br)cc2)=C(Sc2ccc(NC(=O)C3CCCC3)cc2)C1=O. The van der Waals surface area contributed by atoms with Crippen LogP contribution in [0.2, 0.25) is 0 Å². The van der Waals surface area contributed by atoms with E-state index in [4.69, 9.17) is 0 Å². The van der Waals surface area contributed by atoms with Crippen LogP contribution in [0.4, 0.5) is 11.4 Å². The first kappa shape index (κ1) is 24.5. The van der Waals surface area contributed by atoms with Crippen LogP contribution in [0, 0.1) is 11.8 Å². The Kier molecular flexibility index (Phi) is 7.78. The summed E-state index contributed by atoms with van der Waals surface area (Å²) in [5, 5.41) is 6.15. The summed E-state index contributed by atoms with van der Waals surface area (Å²) >= 11 is 4.67. The minimum Gasteiger partial charge on any atom is -0.350 e. The second kappa shape index (κ2) is 10.8. The molecule has 0 radical (unpaired) electrons. The molecule has 0 atom stereocenters. The number of anilines is 2. The Labute approximate surface area is 212 Å². The van der Waals surface area contributed by atoms with Gasteiger partial charge in [-0.25, -0.2) is 0 Å². The molecular weight excluding hydrogens is 514 g/mol. The lowest BCUT2D eigenvalue weighted by molar-refractivity contribution is -0.137. The molecule has 2 N–H and O–H groups in total. The topological polar surface area (TPSA) is 78.5 Å². The Hall–Kier alpha value is -2.58. The van der Waals surface area contributed by atoms with Crippen molar-refractivity contribution < 1.29 is 14.4 Å². The molecule has 0 aromatic heterocycles. The van der Waals surface area contributed by atoms with Crippen LogP contribution in [0.25, 0.3) is 0 Å². The molecule has 0 spiro atoms. The van der Waals surface area contributed by atoms with Crippen LogP contribution in [0.1, 0.15) is 39.5 Å². The van der Waals surface area contributed by atoms with Crippen molar-refractivity contribution in [1.29, 1.82) is 0 Å². The van der Waals surface area contributed by atoms with Crippen molar-refractivity contribution in [2.75, 3.05) is 17.2 Å². The monoisotopic (exact) mass is 541 g/mol. The van der Waals surface area contributed by atoms with Crippen LogP contribution in [-0.4, -0.2) is 29.2 Å². The number of hydrogen-bond acceptors (Lipinski definition) is 5. The summed E-state index contributed by atoms with van der Waals surface area (Å²) in [5.41, 5.74) is 1.75. The Morgan fingerprint density at radius 1 is 1.00 bits per heavy atom. The predicted octanol–water partition coefficient (Wildman–Crippen LogP) is 6.02. The quantitative estimate of drug-likeness (QED) is 0.399. The zero-order chi connectivity index (χ0) is 24.2. The maximum absolute atomic E-state index is 13.2. The number of nitrogens with zero attached hydrogens (tertiary/aromatic N) is 1. The number of thioether (sulfide) groups is 1. The summed E-state index contributed by atoms with van der Waals surface area (Å²) in [7, 11) is 0. The van der Waals surface area contributed by atoms with Gasteiger partial charge in [0.25, 0.3) is 11.8 Å². The van der Waals surface area contributed by atoms with E-state index in [2.05, 4.69) is 26.6 Å². The van der Waals surface area contributed by atoms with Crippen molar-refractivity contribution in [2.45, 2.75) is 44.4 Å². The lowest BCUT2D eigenvalue weighted by atomic mass is 10.1. The molecule has 1 saturated carbocycles. The van der Waals surface area contributed by atoms with Gasteiger partial charge in [0.05, 0.1) is 0 Å². The predicted molar refractivity (Wildman–Crippen MR) is 139 cm³/mol. The van der Waals surface area contributed by atoms with E-state index in [1.165, 1.54) is 16.7 Å². The molecule has 2 aromatic rings. The smallest absolute Gasteiger partial charge is 0.278 e. The second-order valence-electron chi connectivity index (χ2n) is 9.05. The van der Waals surface area contributed by atoms with Crippen LogP contribution in [0.5, 0.6) is 0 Å². The van der Waals surface area contributed by atoms with E-state index in [0.717, 1.165) is 46.4 Å². The van der Waals surface area contributed by atoms with Crippen molar-refractivity contribution in [2.24, 2.45) is 11.8 Å². The number of carbonyl (C=O) groups excluding carboxylic acids is 3. The number of hydrogen-bond donors (Lipinski definition) is 2. The van der Waals surface area contributed by atoms with Crippen molar-refractivity contribution in [3.8, 4) is 0 Å². The Balaban J connectivity index is 1.53. The molecule has 178 valence electrons. The highest BCUT2D eigenvalue weighted by Crippen LogP contribution is 2.37. The van der Waals surface area contributed by atoms with Gasteiger partial charge in [0.2, 0.25) is 5.91 Å². The van der Waals surface area contributed by atoms with Crippen molar-refractivity contribution in [3.63, 3.8) is 0 Å². The molecule has 1 aliphatic heterocycles. The summed E-state index contributed by atoms with van der Waals surface area (Å²) < 4.78 is 0.928. The van der Waals surface area contributed by atoms with E-state index >= 15 is 0 Å². The first-order chi connectivity index (χ1) is 16.3. The molecule has 2 aliphatic rings. The molecule has 0 unspecified atom stereocenters. The number of nitrogens with one attached hydrogen (secondary N) is 2. The van der Waals surface area contributed by atoms with Crippen molar-refractivity contribution in [3.05, 3.63) is 63.6 Å². The highest BCUT2D eigenvalue weighted by atomic mass is 79.9. The van der Waals surface area contributed by atoms with Gasteiger partial charge in [0, 0.05) is 33.2 Å². The van der Waals surface area contributed by atoms with E-state index < -0.39 is 0 Å². The molecule has 3 amide bonds. The number of halogens is 1. The molecule has 0 saturated heterocycles. The highest BCUT2D eigenvalue weighted by molar-refractivity contribution is 9.10. The van der Waals surface area contributed by atoms with Gasteiger partial charge in [-0.05, 0) is 67.3 Å². The van der Waals surface area contributed by atoms with Gasteiger partial charge in [-0.1, -0.05) is 54.4 Å². The number of benzene rings is 2. The molecule has 6 nitrogen and oxygen atoms in total. The van der Waals surface area contributed by atoms with E-state index in [1.807, 2.05) is 62.4 Å². The standard InChI is InChI=1S/C26H28BrN3O3S/c1-16(2)15-30-25(32)22(28-19-9-7-18(27)8-10-19)23(26(30)33)34-21-13-11-20(12-14-21)29-24(31)17-5-3-4-6-17/h7-14,16-17,28H,3-6,15H2,1-2H3,(H,29,31). The first-order valence-corrected chi connectivity index (χ1v) is 13.1. The summed E-state index contributed by atoms with van der Waals surface area (Å²) in [5.74, 6) is -0.275. The third-order valence-corrected chi connectivity index (χ3v) is 7.47. The van der Waals surface area contributed by atoms with Crippen LogP contribution >= 0.6 is 27.7 Å². The lowest BCUT2D eigenvalue weighted by Gasteiger charge is -2.17. The average Bonchev–Trinajstić information content (AvgIpc) is 3.42. The van der Waals surface area contributed by atoms with Gasteiger partial charge in [0.15, 0.2) is 0 Å².